The first-order valence-corrected chi connectivity index (χ1v) is 9.56. The molecule has 7 heteroatoms. The summed E-state index contributed by atoms with van der Waals surface area (Å²) in [6.07, 6.45) is 1.78. The molecule has 0 saturated heterocycles. The summed E-state index contributed by atoms with van der Waals surface area (Å²) in [6.45, 7) is 2.07. The SMILES string of the molecule is CCc1ccc(-c2nn3c(CCCC(=O)O)nc4ccccc4c3nc2=O)cc1. The Bertz CT molecular complexity index is 1260. The van der Waals surface area contributed by atoms with Crippen LogP contribution in [0.1, 0.15) is 31.2 Å². The van der Waals surface area contributed by atoms with Gasteiger partial charge in [0, 0.05) is 23.8 Å². The van der Waals surface area contributed by atoms with Gasteiger partial charge in [0.25, 0.3) is 5.56 Å². The molecule has 0 spiro atoms. The number of para-hydroxylation sites is 1. The van der Waals surface area contributed by atoms with E-state index in [2.05, 4.69) is 22.0 Å². The topological polar surface area (TPSA) is 97.5 Å². The van der Waals surface area contributed by atoms with Gasteiger partial charge in [-0.3, -0.25) is 9.59 Å². The summed E-state index contributed by atoms with van der Waals surface area (Å²) in [5, 5.41) is 14.3. The number of aliphatic carboxylic acids is 1. The summed E-state index contributed by atoms with van der Waals surface area (Å²) in [5.41, 5.74) is 2.85. The molecule has 0 bridgehead atoms. The lowest BCUT2D eigenvalue weighted by atomic mass is 10.1. The Morgan fingerprint density at radius 3 is 2.55 bits per heavy atom. The van der Waals surface area contributed by atoms with E-state index in [4.69, 9.17) is 5.11 Å². The van der Waals surface area contributed by atoms with Crippen molar-refractivity contribution in [3.05, 3.63) is 70.3 Å². The van der Waals surface area contributed by atoms with Gasteiger partial charge in [-0.1, -0.05) is 43.3 Å². The van der Waals surface area contributed by atoms with E-state index in [9.17, 15) is 9.59 Å². The molecule has 0 radical (unpaired) electrons. The van der Waals surface area contributed by atoms with Gasteiger partial charge in [-0.05, 0) is 30.5 Å². The zero-order chi connectivity index (χ0) is 20.4. The molecule has 29 heavy (non-hydrogen) atoms. The van der Waals surface area contributed by atoms with Gasteiger partial charge < -0.3 is 5.11 Å². The van der Waals surface area contributed by atoms with Crippen LogP contribution < -0.4 is 5.56 Å². The van der Waals surface area contributed by atoms with E-state index < -0.39 is 11.5 Å². The van der Waals surface area contributed by atoms with Crippen LogP contribution in [0.5, 0.6) is 0 Å². The number of carbonyl (C=O) groups is 1. The average molecular weight is 388 g/mol. The molecule has 0 aliphatic carbocycles. The van der Waals surface area contributed by atoms with Crippen LogP contribution in [0.3, 0.4) is 0 Å². The second-order valence-electron chi connectivity index (χ2n) is 6.84. The second kappa shape index (κ2) is 7.79. The number of carboxylic acid groups (broad SMARTS) is 1. The maximum absolute atomic E-state index is 12.8. The van der Waals surface area contributed by atoms with E-state index in [0.29, 0.717) is 35.4 Å². The molecule has 0 unspecified atom stereocenters. The van der Waals surface area contributed by atoms with Crippen LogP contribution in [0.25, 0.3) is 27.8 Å². The number of hydrogen-bond acceptors (Lipinski definition) is 5. The Balaban J connectivity index is 1.91. The van der Waals surface area contributed by atoms with Gasteiger partial charge in [0.15, 0.2) is 11.3 Å². The number of hydrogen-bond donors (Lipinski definition) is 1. The van der Waals surface area contributed by atoms with Crippen LogP contribution in [-0.2, 0) is 17.6 Å². The molecule has 0 fully saturated rings. The maximum atomic E-state index is 12.8. The van der Waals surface area contributed by atoms with Gasteiger partial charge in [-0.15, -0.1) is 0 Å². The van der Waals surface area contributed by atoms with Gasteiger partial charge in [-0.25, -0.2) is 4.98 Å². The fourth-order valence-electron chi connectivity index (χ4n) is 3.33. The van der Waals surface area contributed by atoms with Crippen molar-refractivity contribution < 1.29 is 9.90 Å². The summed E-state index contributed by atoms with van der Waals surface area (Å²) in [4.78, 5) is 32.6. The molecule has 7 nitrogen and oxygen atoms in total. The molecule has 0 aliphatic rings. The van der Waals surface area contributed by atoms with Crippen molar-refractivity contribution in [1.29, 1.82) is 0 Å². The third-order valence-electron chi connectivity index (χ3n) is 4.88. The number of carboxylic acids is 1. The van der Waals surface area contributed by atoms with Crippen molar-refractivity contribution in [3.8, 4) is 11.3 Å². The average Bonchev–Trinajstić information content (AvgIpc) is 2.73. The first-order chi connectivity index (χ1) is 14.1. The summed E-state index contributed by atoms with van der Waals surface area (Å²) in [7, 11) is 0. The monoisotopic (exact) mass is 388 g/mol. The molecule has 2 aromatic heterocycles. The van der Waals surface area contributed by atoms with Crippen molar-refractivity contribution in [2.45, 2.75) is 32.6 Å². The van der Waals surface area contributed by atoms with E-state index in [-0.39, 0.29) is 12.1 Å². The first kappa shape index (κ1) is 18.7. The molecule has 0 saturated carbocycles. The predicted molar refractivity (Wildman–Crippen MR) is 110 cm³/mol. The summed E-state index contributed by atoms with van der Waals surface area (Å²) in [6, 6.07) is 15.1. The fourth-order valence-corrected chi connectivity index (χ4v) is 3.33. The van der Waals surface area contributed by atoms with E-state index >= 15 is 0 Å². The lowest BCUT2D eigenvalue weighted by molar-refractivity contribution is -0.137. The molecule has 146 valence electrons. The van der Waals surface area contributed by atoms with Gasteiger partial charge in [0.2, 0.25) is 0 Å². The van der Waals surface area contributed by atoms with Crippen molar-refractivity contribution in [2.75, 3.05) is 0 Å². The van der Waals surface area contributed by atoms with Crippen LogP contribution >= 0.6 is 0 Å². The molecular weight excluding hydrogens is 368 g/mol. The number of aromatic nitrogens is 4. The third kappa shape index (κ3) is 3.71. The first-order valence-electron chi connectivity index (χ1n) is 9.56. The Morgan fingerprint density at radius 2 is 1.83 bits per heavy atom. The predicted octanol–water partition coefficient (Wildman–Crippen LogP) is 3.27. The van der Waals surface area contributed by atoms with Crippen LogP contribution in [0.15, 0.2) is 53.3 Å². The van der Waals surface area contributed by atoms with Crippen LogP contribution in [0.2, 0.25) is 0 Å². The second-order valence-corrected chi connectivity index (χ2v) is 6.84. The van der Waals surface area contributed by atoms with Crippen molar-refractivity contribution >= 4 is 22.5 Å². The highest BCUT2D eigenvalue weighted by Gasteiger charge is 2.15. The van der Waals surface area contributed by atoms with E-state index in [1.165, 1.54) is 5.56 Å². The quantitative estimate of drug-likeness (QED) is 0.509. The van der Waals surface area contributed by atoms with E-state index in [1.54, 1.807) is 4.52 Å². The standard InChI is InChI=1S/C22H20N4O3/c1-2-14-10-12-15(13-11-14)20-22(29)24-21-16-6-3-4-7-17(16)23-18(26(21)25-20)8-5-9-19(27)28/h3-4,6-7,10-13H,2,5,8-9H2,1H3,(H,27,28). The van der Waals surface area contributed by atoms with E-state index in [1.807, 2.05) is 48.5 Å². The zero-order valence-electron chi connectivity index (χ0n) is 16.0. The molecule has 0 amide bonds. The van der Waals surface area contributed by atoms with Crippen molar-refractivity contribution in [1.82, 2.24) is 19.6 Å². The van der Waals surface area contributed by atoms with E-state index in [0.717, 1.165) is 11.8 Å². The molecule has 4 rings (SSSR count). The van der Waals surface area contributed by atoms with Gasteiger partial charge >= 0.3 is 5.97 Å². The molecule has 2 heterocycles. The minimum atomic E-state index is -0.857. The van der Waals surface area contributed by atoms with Crippen molar-refractivity contribution in [2.24, 2.45) is 0 Å². The Hall–Kier alpha value is -3.61. The third-order valence-corrected chi connectivity index (χ3v) is 4.88. The normalized spacial score (nSPS) is 11.2. The Labute approximate surface area is 166 Å². The van der Waals surface area contributed by atoms with Crippen LogP contribution in [0.4, 0.5) is 0 Å². The smallest absolute Gasteiger partial charge is 0.303 e. The highest BCUT2D eigenvalue weighted by Crippen LogP contribution is 2.20. The maximum Gasteiger partial charge on any atom is 0.303 e. The number of rotatable bonds is 6. The molecule has 2 aromatic carbocycles. The highest BCUT2D eigenvalue weighted by atomic mass is 16.4. The number of aryl methyl sites for hydroxylation is 2. The summed E-state index contributed by atoms with van der Waals surface area (Å²) < 4.78 is 1.58. The number of fused-ring (bicyclic) bond motifs is 3. The fraction of sp³-hybridized carbons (Fsp3) is 0.227. The molecule has 0 aliphatic heterocycles. The molecule has 0 atom stereocenters. The Kier molecular flexibility index (Phi) is 5.03. The Morgan fingerprint density at radius 1 is 1.07 bits per heavy atom. The summed E-state index contributed by atoms with van der Waals surface area (Å²) in [5.74, 6) is -0.274. The zero-order valence-corrected chi connectivity index (χ0v) is 16.0. The number of benzene rings is 2. The van der Waals surface area contributed by atoms with Crippen LogP contribution in [-0.4, -0.2) is 30.7 Å². The van der Waals surface area contributed by atoms with Gasteiger partial charge in [-0.2, -0.15) is 14.6 Å². The number of nitrogens with zero attached hydrogens (tertiary/aromatic N) is 4. The van der Waals surface area contributed by atoms with Crippen LogP contribution in [0, 0.1) is 0 Å². The van der Waals surface area contributed by atoms with Gasteiger partial charge in [0.1, 0.15) is 5.82 Å². The highest BCUT2D eigenvalue weighted by molar-refractivity contribution is 5.91. The van der Waals surface area contributed by atoms with Gasteiger partial charge in [0.05, 0.1) is 5.52 Å². The molecule has 1 N–H and O–H groups in total. The lowest BCUT2D eigenvalue weighted by Crippen LogP contribution is -2.19. The van der Waals surface area contributed by atoms with Crippen molar-refractivity contribution in [3.63, 3.8) is 0 Å². The largest absolute Gasteiger partial charge is 0.481 e. The minimum absolute atomic E-state index is 0.0367. The minimum Gasteiger partial charge on any atom is -0.481 e. The summed E-state index contributed by atoms with van der Waals surface area (Å²) >= 11 is 0. The molecular formula is C22H20N4O3. The molecule has 4 aromatic rings. The lowest BCUT2D eigenvalue weighted by Gasteiger charge is -2.11.